The number of rotatable bonds is 3. The van der Waals surface area contributed by atoms with Gasteiger partial charge in [-0.05, 0) is 49.4 Å². The predicted octanol–water partition coefficient (Wildman–Crippen LogP) is 2.96. The maximum Gasteiger partial charge on any atom is 0.286 e. The number of carbonyl (C=O) groups is 1. The molecule has 0 unspecified atom stereocenters. The molecule has 0 N–H and O–H groups in total. The number of halogens is 1. The van der Waals surface area contributed by atoms with E-state index in [0.717, 1.165) is 60.4 Å². The number of thioether (sulfide) groups is 1. The van der Waals surface area contributed by atoms with Crippen molar-refractivity contribution in [2.24, 2.45) is 12.0 Å². The Morgan fingerprint density at radius 2 is 1.83 bits per heavy atom. The first-order valence-corrected chi connectivity index (χ1v) is 10.5. The lowest BCUT2D eigenvalue weighted by molar-refractivity contribution is -0.113. The number of aliphatic imine (C=N–C) groups is 1. The van der Waals surface area contributed by atoms with Gasteiger partial charge in [0.05, 0.1) is 10.6 Å². The number of aromatic nitrogens is 2. The summed E-state index contributed by atoms with van der Waals surface area (Å²) in [5.74, 6) is -0.388. The number of benzene rings is 1. The van der Waals surface area contributed by atoms with Gasteiger partial charge in [-0.2, -0.15) is 10.1 Å². The number of nitrogens with zero attached hydrogens (tertiary/aromatic N) is 5. The van der Waals surface area contributed by atoms with E-state index in [4.69, 9.17) is 0 Å². The highest BCUT2D eigenvalue weighted by Crippen LogP contribution is 2.32. The van der Waals surface area contributed by atoms with Crippen molar-refractivity contribution in [1.82, 2.24) is 19.6 Å². The number of piperazine rings is 1. The van der Waals surface area contributed by atoms with Crippen LogP contribution in [0.15, 0.2) is 34.2 Å². The Balaban J connectivity index is 1.37. The van der Waals surface area contributed by atoms with Gasteiger partial charge in [0.2, 0.25) is 0 Å². The molecular weight excluding hydrogens is 389 g/mol. The first kappa shape index (κ1) is 19.8. The number of amidine groups is 1. The van der Waals surface area contributed by atoms with Crippen LogP contribution in [0.25, 0.3) is 6.08 Å². The van der Waals surface area contributed by atoms with E-state index in [0.29, 0.717) is 4.91 Å². The first-order chi connectivity index (χ1) is 13.9. The summed E-state index contributed by atoms with van der Waals surface area (Å²) >= 11 is 1.44. The quantitative estimate of drug-likeness (QED) is 0.724. The largest absolute Gasteiger partial charge is 0.348 e. The predicted molar refractivity (Wildman–Crippen MR) is 114 cm³/mol. The molecule has 4 rings (SSSR count). The van der Waals surface area contributed by atoms with E-state index in [9.17, 15) is 9.18 Å². The van der Waals surface area contributed by atoms with Gasteiger partial charge in [-0.1, -0.05) is 12.1 Å². The standard InChI is InChI=1S/C21H24FN5OS/c1-14-18(15(2)25(3)24-14)12-19-20(28)23-21(29-19)27-10-8-26(9-11-27)13-16-4-6-17(22)7-5-16/h4-7,12H,8-11,13H2,1-3H3/b19-12-. The highest BCUT2D eigenvalue weighted by molar-refractivity contribution is 8.18. The van der Waals surface area contributed by atoms with Crippen molar-refractivity contribution in [3.8, 4) is 0 Å². The molecule has 1 saturated heterocycles. The van der Waals surface area contributed by atoms with E-state index in [2.05, 4.69) is 19.9 Å². The molecule has 2 aliphatic heterocycles. The Labute approximate surface area is 174 Å². The summed E-state index contributed by atoms with van der Waals surface area (Å²) < 4.78 is 14.9. The minimum Gasteiger partial charge on any atom is -0.348 e. The van der Waals surface area contributed by atoms with Crippen LogP contribution in [-0.2, 0) is 18.4 Å². The summed E-state index contributed by atoms with van der Waals surface area (Å²) in [5.41, 5.74) is 4.04. The zero-order valence-electron chi connectivity index (χ0n) is 16.9. The van der Waals surface area contributed by atoms with Crippen LogP contribution in [0, 0.1) is 19.7 Å². The lowest BCUT2D eigenvalue weighted by Crippen LogP contribution is -2.47. The van der Waals surface area contributed by atoms with E-state index in [-0.39, 0.29) is 11.7 Å². The maximum atomic E-state index is 13.1. The summed E-state index contributed by atoms with van der Waals surface area (Å²) in [5, 5.41) is 5.19. The Morgan fingerprint density at radius 1 is 1.14 bits per heavy atom. The summed E-state index contributed by atoms with van der Waals surface area (Å²) in [6.07, 6.45) is 1.91. The van der Waals surface area contributed by atoms with Crippen molar-refractivity contribution in [2.45, 2.75) is 20.4 Å². The van der Waals surface area contributed by atoms with E-state index in [1.807, 2.05) is 43.8 Å². The Bertz CT molecular complexity index is 987. The van der Waals surface area contributed by atoms with E-state index >= 15 is 0 Å². The van der Waals surface area contributed by atoms with Gasteiger partial charge < -0.3 is 4.90 Å². The third-order valence-electron chi connectivity index (χ3n) is 5.41. The number of aryl methyl sites for hydroxylation is 2. The van der Waals surface area contributed by atoms with Gasteiger partial charge in [0, 0.05) is 51.0 Å². The molecule has 6 nitrogen and oxygen atoms in total. The van der Waals surface area contributed by atoms with Crippen LogP contribution in [0.2, 0.25) is 0 Å². The van der Waals surface area contributed by atoms with Crippen LogP contribution in [0.3, 0.4) is 0 Å². The zero-order valence-corrected chi connectivity index (χ0v) is 17.7. The number of hydrogen-bond donors (Lipinski definition) is 0. The van der Waals surface area contributed by atoms with Gasteiger partial charge in [0.25, 0.3) is 5.91 Å². The fraction of sp³-hybridized carbons (Fsp3) is 0.381. The molecule has 29 heavy (non-hydrogen) atoms. The van der Waals surface area contributed by atoms with Crippen LogP contribution >= 0.6 is 11.8 Å². The van der Waals surface area contributed by atoms with Crippen molar-refractivity contribution in [3.63, 3.8) is 0 Å². The Hall–Kier alpha value is -2.45. The molecule has 3 heterocycles. The molecule has 1 aromatic carbocycles. The van der Waals surface area contributed by atoms with E-state index < -0.39 is 0 Å². The summed E-state index contributed by atoms with van der Waals surface area (Å²) in [7, 11) is 1.90. The first-order valence-electron chi connectivity index (χ1n) is 9.65. The smallest absolute Gasteiger partial charge is 0.286 e. The van der Waals surface area contributed by atoms with Crippen LogP contribution in [-0.4, -0.2) is 56.8 Å². The van der Waals surface area contributed by atoms with Gasteiger partial charge in [0.1, 0.15) is 5.82 Å². The molecule has 0 bridgehead atoms. The lowest BCUT2D eigenvalue weighted by atomic mass is 10.2. The van der Waals surface area contributed by atoms with Crippen molar-refractivity contribution in [1.29, 1.82) is 0 Å². The number of carbonyl (C=O) groups excluding carboxylic acids is 1. The Kier molecular flexibility index (Phi) is 5.56. The van der Waals surface area contributed by atoms with Gasteiger partial charge in [0.15, 0.2) is 5.17 Å². The molecule has 8 heteroatoms. The molecule has 0 saturated carbocycles. The van der Waals surface area contributed by atoms with Gasteiger partial charge in [-0.3, -0.25) is 14.4 Å². The van der Waals surface area contributed by atoms with Crippen LogP contribution in [0.5, 0.6) is 0 Å². The summed E-state index contributed by atoms with van der Waals surface area (Å²) in [4.78, 5) is 21.9. The Morgan fingerprint density at radius 3 is 2.45 bits per heavy atom. The average Bonchev–Trinajstić information content (AvgIpc) is 3.18. The van der Waals surface area contributed by atoms with E-state index in [1.54, 1.807) is 0 Å². The SMILES string of the molecule is Cc1nn(C)c(C)c1/C=C1\SC(N2CCN(Cc3ccc(F)cc3)CC2)=NC1=O. The molecule has 1 fully saturated rings. The molecule has 1 aromatic heterocycles. The molecule has 2 aliphatic rings. The monoisotopic (exact) mass is 413 g/mol. The molecule has 1 amide bonds. The minimum atomic E-state index is -0.208. The van der Waals surface area contributed by atoms with Crippen molar-refractivity contribution >= 4 is 28.9 Å². The summed E-state index contributed by atoms with van der Waals surface area (Å²) in [6.45, 7) is 8.15. The van der Waals surface area contributed by atoms with Crippen molar-refractivity contribution in [2.75, 3.05) is 26.2 Å². The molecule has 2 aromatic rings. The lowest BCUT2D eigenvalue weighted by Gasteiger charge is -2.35. The molecule has 0 aliphatic carbocycles. The second-order valence-corrected chi connectivity index (χ2v) is 8.42. The third-order valence-corrected chi connectivity index (χ3v) is 6.46. The van der Waals surface area contributed by atoms with E-state index in [1.165, 1.54) is 23.9 Å². The topological polar surface area (TPSA) is 53.7 Å². The maximum absolute atomic E-state index is 13.1. The highest BCUT2D eigenvalue weighted by atomic mass is 32.2. The molecule has 0 spiro atoms. The van der Waals surface area contributed by atoms with Gasteiger partial charge in [-0.15, -0.1) is 0 Å². The second kappa shape index (κ2) is 8.12. The van der Waals surface area contributed by atoms with Crippen LogP contribution in [0.4, 0.5) is 4.39 Å². The van der Waals surface area contributed by atoms with Crippen molar-refractivity contribution < 1.29 is 9.18 Å². The zero-order chi connectivity index (χ0) is 20.5. The molecule has 152 valence electrons. The normalized spacial score (nSPS) is 19.3. The second-order valence-electron chi connectivity index (χ2n) is 7.41. The molecule has 0 atom stereocenters. The molecule has 0 radical (unpaired) electrons. The minimum absolute atomic E-state index is 0.179. The molecular formula is C21H24FN5OS. The van der Waals surface area contributed by atoms with Crippen LogP contribution in [0.1, 0.15) is 22.5 Å². The number of hydrogen-bond acceptors (Lipinski definition) is 5. The fourth-order valence-electron chi connectivity index (χ4n) is 3.61. The summed E-state index contributed by atoms with van der Waals surface area (Å²) in [6, 6.07) is 6.66. The van der Waals surface area contributed by atoms with Crippen molar-refractivity contribution in [3.05, 3.63) is 57.5 Å². The number of amides is 1. The van der Waals surface area contributed by atoms with Gasteiger partial charge in [-0.25, -0.2) is 4.39 Å². The highest BCUT2D eigenvalue weighted by Gasteiger charge is 2.29. The average molecular weight is 414 g/mol. The fourth-order valence-corrected chi connectivity index (χ4v) is 4.56. The van der Waals surface area contributed by atoms with Crippen LogP contribution < -0.4 is 0 Å². The van der Waals surface area contributed by atoms with Gasteiger partial charge >= 0.3 is 0 Å². The third kappa shape index (κ3) is 4.28.